The lowest BCUT2D eigenvalue weighted by Crippen LogP contribution is -2.15. The van der Waals surface area contributed by atoms with Crippen LogP contribution in [0.4, 0.5) is 4.79 Å². The van der Waals surface area contributed by atoms with Crippen LogP contribution in [0.25, 0.3) is 0 Å². The van der Waals surface area contributed by atoms with E-state index in [4.69, 9.17) is 16.3 Å². The van der Waals surface area contributed by atoms with Gasteiger partial charge in [0.15, 0.2) is 11.9 Å². The summed E-state index contributed by atoms with van der Waals surface area (Å²) in [5.74, 6) is -0.252. The third kappa shape index (κ3) is 3.06. The zero-order valence-electron chi connectivity index (χ0n) is 8.49. The first-order chi connectivity index (χ1) is 7.02. The number of Topliss-reactive ketones (excluding diaryl/α,β-unsaturated/α-hetero) is 1. The standard InChI is InChI=1S/C11H11ClO3/c1-7-5-3-4-6-9(7)10(8(2)13)15-11(12)14/h3-6,10H,1-2H3. The number of carbonyl (C=O) groups excluding carboxylic acids is 2. The molecule has 0 bridgehead atoms. The highest BCUT2D eigenvalue weighted by Gasteiger charge is 2.21. The van der Waals surface area contributed by atoms with E-state index in [0.717, 1.165) is 5.56 Å². The van der Waals surface area contributed by atoms with Gasteiger partial charge in [0.2, 0.25) is 0 Å². The van der Waals surface area contributed by atoms with Crippen LogP contribution in [-0.2, 0) is 9.53 Å². The zero-order chi connectivity index (χ0) is 11.4. The minimum Gasteiger partial charge on any atom is -0.437 e. The van der Waals surface area contributed by atoms with Gasteiger partial charge in [-0.05, 0) is 19.4 Å². The van der Waals surface area contributed by atoms with Gasteiger partial charge in [0.1, 0.15) is 0 Å². The van der Waals surface area contributed by atoms with Crippen LogP contribution >= 0.6 is 11.6 Å². The van der Waals surface area contributed by atoms with Gasteiger partial charge in [-0.15, -0.1) is 0 Å². The van der Waals surface area contributed by atoms with Gasteiger partial charge in [-0.3, -0.25) is 4.79 Å². The van der Waals surface area contributed by atoms with Crippen LogP contribution in [0.3, 0.4) is 0 Å². The monoisotopic (exact) mass is 226 g/mol. The molecule has 1 atom stereocenters. The van der Waals surface area contributed by atoms with Crippen LogP contribution in [0.5, 0.6) is 0 Å². The number of hydrogen-bond acceptors (Lipinski definition) is 3. The summed E-state index contributed by atoms with van der Waals surface area (Å²) in [5, 5.41) is 0. The van der Waals surface area contributed by atoms with Crippen molar-refractivity contribution in [1.82, 2.24) is 0 Å². The number of benzene rings is 1. The van der Waals surface area contributed by atoms with E-state index in [1.807, 2.05) is 19.1 Å². The van der Waals surface area contributed by atoms with Crippen molar-refractivity contribution in [3.8, 4) is 0 Å². The van der Waals surface area contributed by atoms with E-state index in [-0.39, 0.29) is 5.78 Å². The molecule has 80 valence electrons. The molecule has 4 heteroatoms. The number of hydrogen-bond donors (Lipinski definition) is 0. The Morgan fingerprint density at radius 3 is 2.40 bits per heavy atom. The number of carbonyl (C=O) groups is 2. The molecule has 0 saturated carbocycles. The van der Waals surface area contributed by atoms with Crippen molar-refractivity contribution in [3.63, 3.8) is 0 Å². The quantitative estimate of drug-likeness (QED) is 0.745. The fourth-order valence-electron chi connectivity index (χ4n) is 1.34. The number of rotatable bonds is 3. The second kappa shape index (κ2) is 4.94. The third-order valence-electron chi connectivity index (χ3n) is 2.05. The molecule has 1 aromatic carbocycles. The summed E-state index contributed by atoms with van der Waals surface area (Å²) in [5.41, 5.74) is 0.577. The van der Waals surface area contributed by atoms with Crippen LogP contribution < -0.4 is 0 Å². The molecule has 0 heterocycles. The van der Waals surface area contributed by atoms with Gasteiger partial charge in [0.05, 0.1) is 0 Å². The van der Waals surface area contributed by atoms with E-state index in [1.54, 1.807) is 12.1 Å². The van der Waals surface area contributed by atoms with Crippen molar-refractivity contribution in [3.05, 3.63) is 35.4 Å². The van der Waals surface area contributed by atoms with Crippen LogP contribution in [0.15, 0.2) is 24.3 Å². The molecule has 0 amide bonds. The Morgan fingerprint density at radius 2 is 1.93 bits per heavy atom. The van der Waals surface area contributed by atoms with Gasteiger partial charge in [-0.25, -0.2) is 4.79 Å². The van der Waals surface area contributed by atoms with Gasteiger partial charge in [-0.2, -0.15) is 0 Å². The van der Waals surface area contributed by atoms with Crippen molar-refractivity contribution in [1.29, 1.82) is 0 Å². The van der Waals surface area contributed by atoms with Crippen molar-refractivity contribution in [2.75, 3.05) is 0 Å². The molecule has 0 spiro atoms. The minimum absolute atomic E-state index is 0.252. The number of ether oxygens (including phenoxy) is 1. The normalized spacial score (nSPS) is 11.9. The molecule has 0 aliphatic carbocycles. The molecule has 0 N–H and O–H groups in total. The van der Waals surface area contributed by atoms with Crippen LogP contribution in [0.2, 0.25) is 0 Å². The Balaban J connectivity index is 3.04. The number of halogens is 1. The average molecular weight is 227 g/mol. The second-order valence-electron chi connectivity index (χ2n) is 3.20. The van der Waals surface area contributed by atoms with Crippen LogP contribution in [-0.4, -0.2) is 11.2 Å². The third-order valence-corrected chi connectivity index (χ3v) is 2.14. The first-order valence-electron chi connectivity index (χ1n) is 4.44. The maximum Gasteiger partial charge on any atom is 0.404 e. The molecule has 1 rings (SSSR count). The Hall–Kier alpha value is -1.35. The summed E-state index contributed by atoms with van der Waals surface area (Å²) in [6.45, 7) is 3.20. The Kier molecular flexibility index (Phi) is 3.86. The molecule has 0 aromatic heterocycles. The highest BCUT2D eigenvalue weighted by atomic mass is 35.5. The summed E-state index contributed by atoms with van der Waals surface area (Å²) in [6.07, 6.45) is -0.906. The summed E-state index contributed by atoms with van der Waals surface area (Å²) in [6, 6.07) is 7.20. The van der Waals surface area contributed by atoms with Crippen molar-refractivity contribution in [2.24, 2.45) is 0 Å². The SMILES string of the molecule is CC(=O)C(OC(=O)Cl)c1ccccc1C. The first-order valence-corrected chi connectivity index (χ1v) is 4.82. The van der Waals surface area contributed by atoms with E-state index in [1.165, 1.54) is 6.92 Å². The predicted octanol–water partition coefficient (Wildman–Crippen LogP) is 3.00. The molecular formula is C11H11ClO3. The van der Waals surface area contributed by atoms with E-state index in [2.05, 4.69) is 0 Å². The smallest absolute Gasteiger partial charge is 0.404 e. The number of aryl methyl sites for hydroxylation is 1. The maximum atomic E-state index is 11.3. The minimum atomic E-state index is -0.974. The lowest BCUT2D eigenvalue weighted by atomic mass is 10.0. The Labute approximate surface area is 93.0 Å². The van der Waals surface area contributed by atoms with E-state index in [0.29, 0.717) is 5.56 Å². The Bertz CT molecular complexity index is 387. The van der Waals surface area contributed by atoms with Crippen LogP contribution in [0, 0.1) is 6.92 Å². The van der Waals surface area contributed by atoms with Crippen molar-refractivity contribution >= 4 is 22.8 Å². The van der Waals surface area contributed by atoms with E-state index >= 15 is 0 Å². The topological polar surface area (TPSA) is 43.4 Å². The molecule has 0 saturated heterocycles. The van der Waals surface area contributed by atoms with E-state index in [9.17, 15) is 9.59 Å². The average Bonchev–Trinajstić information content (AvgIpc) is 2.15. The van der Waals surface area contributed by atoms with E-state index < -0.39 is 11.5 Å². The van der Waals surface area contributed by atoms with Crippen molar-refractivity contribution in [2.45, 2.75) is 20.0 Å². The molecule has 0 radical (unpaired) electrons. The highest BCUT2D eigenvalue weighted by molar-refractivity contribution is 6.61. The predicted molar refractivity (Wildman–Crippen MR) is 56.9 cm³/mol. The molecule has 1 unspecified atom stereocenters. The Morgan fingerprint density at radius 1 is 1.33 bits per heavy atom. The molecule has 0 aliphatic rings. The van der Waals surface area contributed by atoms with Crippen LogP contribution in [0.1, 0.15) is 24.2 Å². The molecular weight excluding hydrogens is 216 g/mol. The van der Waals surface area contributed by atoms with Gasteiger partial charge in [-0.1, -0.05) is 24.3 Å². The first kappa shape index (κ1) is 11.7. The lowest BCUT2D eigenvalue weighted by Gasteiger charge is -2.15. The lowest BCUT2D eigenvalue weighted by molar-refractivity contribution is -0.125. The highest BCUT2D eigenvalue weighted by Crippen LogP contribution is 2.22. The molecule has 1 aromatic rings. The summed E-state index contributed by atoms with van der Waals surface area (Å²) >= 11 is 5.11. The zero-order valence-corrected chi connectivity index (χ0v) is 9.25. The summed E-state index contributed by atoms with van der Waals surface area (Å²) in [7, 11) is 0. The summed E-state index contributed by atoms with van der Waals surface area (Å²) in [4.78, 5) is 21.9. The fourth-order valence-corrected chi connectivity index (χ4v) is 1.43. The van der Waals surface area contributed by atoms with Gasteiger partial charge < -0.3 is 4.74 Å². The molecule has 15 heavy (non-hydrogen) atoms. The fraction of sp³-hybridized carbons (Fsp3) is 0.273. The summed E-state index contributed by atoms with van der Waals surface area (Å²) < 4.78 is 4.76. The van der Waals surface area contributed by atoms with Crippen molar-refractivity contribution < 1.29 is 14.3 Å². The van der Waals surface area contributed by atoms with Gasteiger partial charge >= 0.3 is 5.43 Å². The van der Waals surface area contributed by atoms with Gasteiger partial charge in [0, 0.05) is 17.2 Å². The largest absolute Gasteiger partial charge is 0.437 e. The molecule has 3 nitrogen and oxygen atoms in total. The molecule has 0 fully saturated rings. The van der Waals surface area contributed by atoms with Gasteiger partial charge in [0.25, 0.3) is 0 Å². The molecule has 0 aliphatic heterocycles. The maximum absolute atomic E-state index is 11.3. The number of ketones is 1. The second-order valence-corrected chi connectivity index (χ2v) is 3.51.